The van der Waals surface area contributed by atoms with E-state index in [2.05, 4.69) is 64.3 Å². The van der Waals surface area contributed by atoms with Crippen molar-refractivity contribution >= 4 is 98.8 Å². The molecule has 0 bridgehead atoms. The number of rotatable bonds is 24. The molecule has 45 nitrogen and oxygen atoms in total. The number of aromatic nitrogens is 16. The summed E-state index contributed by atoms with van der Waals surface area (Å²) >= 11 is 0. The Morgan fingerprint density at radius 3 is 1.08 bits per heavy atom. The van der Waals surface area contributed by atoms with E-state index in [0.717, 1.165) is 42.5 Å². The normalized spacial score (nSPS) is 30.9. The Morgan fingerprint density at radius 1 is 0.396 bits per heavy atom. The van der Waals surface area contributed by atoms with Crippen molar-refractivity contribution in [2.45, 2.75) is 98.2 Å². The van der Waals surface area contributed by atoms with Crippen LogP contribution in [0.3, 0.4) is 0 Å². The number of aliphatic hydroxyl groups excluding tert-OH is 5. The minimum Gasteiger partial charge on any atom is -0.387 e. The van der Waals surface area contributed by atoms with Gasteiger partial charge in [-0.1, -0.05) is 0 Å². The van der Waals surface area contributed by atoms with Crippen molar-refractivity contribution in [3.63, 3.8) is 0 Å². The predicted molar refractivity (Wildman–Crippen MR) is 294 cm³/mol. The molecule has 0 radical (unpaired) electrons. The Kier molecular flexibility index (Phi) is 17.8. The Bertz CT molecular complexity index is 4190. The van der Waals surface area contributed by atoms with Crippen LogP contribution in [0.4, 0.5) is 23.3 Å². The van der Waals surface area contributed by atoms with Gasteiger partial charge in [0, 0.05) is 0 Å². The third-order valence-corrected chi connectivity index (χ3v) is 18.3. The first-order chi connectivity index (χ1) is 43.2. The number of phosphoric acid groups is 2. The average molecular weight is 1360 g/mol. The summed E-state index contributed by atoms with van der Waals surface area (Å²) in [7, 11) is -20.6. The highest BCUT2D eigenvalue weighted by atomic mass is 31.2. The highest BCUT2D eigenvalue weighted by Gasteiger charge is 2.54. The lowest BCUT2D eigenvalue weighted by Crippen LogP contribution is -2.37. The Morgan fingerprint density at radius 2 is 0.703 bits per heavy atom. The van der Waals surface area contributed by atoms with Crippen molar-refractivity contribution in [2.24, 2.45) is 0 Å². The first kappa shape index (κ1) is 64.6. The second-order valence-electron chi connectivity index (χ2n) is 20.6. The van der Waals surface area contributed by atoms with Gasteiger partial charge in [0.2, 0.25) is 0 Å². The topological polar surface area (TPSA) is 651 Å². The molecule has 0 aromatic carbocycles. The molecule has 91 heavy (non-hydrogen) atoms. The van der Waals surface area contributed by atoms with Gasteiger partial charge >= 0.3 is 30.8 Å². The van der Waals surface area contributed by atoms with E-state index in [-0.39, 0.29) is 67.9 Å². The molecule has 492 valence electrons. The van der Waals surface area contributed by atoms with E-state index in [1.165, 1.54) is 26.4 Å². The zero-order valence-electron chi connectivity index (χ0n) is 45.9. The van der Waals surface area contributed by atoms with Crippen molar-refractivity contribution in [3.8, 4) is 0 Å². The van der Waals surface area contributed by atoms with Crippen LogP contribution in [-0.4, -0.2) is 240 Å². The molecular weight excluding hydrogens is 1310 g/mol. The quantitative estimate of drug-likeness (QED) is 0.0255. The maximum absolute atomic E-state index is 13.9. The van der Waals surface area contributed by atoms with Gasteiger partial charge in [-0.15, -0.1) is 0 Å². The number of anilines is 4. The van der Waals surface area contributed by atoms with E-state index < -0.39 is 168 Å². The third-order valence-electron chi connectivity index (χ3n) is 14.7. The number of phosphoric ester groups is 2. The number of ether oxygens (including phenoxy) is 6. The lowest BCUT2D eigenvalue weighted by Gasteiger charge is -2.25. The molecule has 12 rings (SSSR count). The molecule has 3 unspecified atom stereocenters. The summed E-state index contributed by atoms with van der Waals surface area (Å²) in [6, 6.07) is 0. The molecule has 4 saturated heterocycles. The number of nitrogens with zero attached hydrogens (tertiary/aromatic N) is 16. The van der Waals surface area contributed by atoms with Crippen molar-refractivity contribution < 1.29 is 119 Å². The fourth-order valence-electron chi connectivity index (χ4n) is 10.4. The minimum absolute atomic E-state index is 0.00405. The van der Waals surface area contributed by atoms with Crippen LogP contribution >= 0.6 is 30.8 Å². The number of fused-ring (bicyclic) bond motifs is 4. The fraction of sp³-hybridized carbons (Fsp3) is 0.524. The molecule has 4 aliphatic rings. The maximum Gasteiger partial charge on any atom is 0.472 e. The minimum atomic E-state index is -5.40. The molecule has 0 aliphatic carbocycles. The van der Waals surface area contributed by atoms with Crippen LogP contribution in [0.25, 0.3) is 44.7 Å². The van der Waals surface area contributed by atoms with Gasteiger partial charge in [-0.3, -0.25) is 41.0 Å². The number of imidazole rings is 4. The van der Waals surface area contributed by atoms with Crippen LogP contribution < -0.4 is 22.9 Å². The molecule has 8 aromatic heterocycles. The Hall–Kier alpha value is -6.52. The summed E-state index contributed by atoms with van der Waals surface area (Å²) in [5, 5.41) is 56.7. The molecule has 12 heterocycles. The molecule has 4 aliphatic heterocycles. The van der Waals surface area contributed by atoms with E-state index in [0.29, 0.717) is 0 Å². The summed E-state index contributed by atoms with van der Waals surface area (Å²) in [6.07, 6.45) is -20.3. The van der Waals surface area contributed by atoms with E-state index in [9.17, 15) is 68.3 Å². The van der Waals surface area contributed by atoms with E-state index in [1.807, 2.05) is 0 Å². The van der Waals surface area contributed by atoms with E-state index in [1.54, 1.807) is 0 Å². The highest BCUT2D eigenvalue weighted by molar-refractivity contribution is 7.52. The van der Waals surface area contributed by atoms with Crippen LogP contribution in [0.1, 0.15) is 24.9 Å². The van der Waals surface area contributed by atoms with Gasteiger partial charge in [-0.25, -0.2) is 68.9 Å². The van der Waals surface area contributed by atoms with Gasteiger partial charge < -0.3 is 110 Å². The number of hydrogen-bond donors (Lipinski definition) is 14. The average Bonchev–Trinajstić information content (AvgIpc) is 1.75. The van der Waals surface area contributed by atoms with Crippen molar-refractivity contribution in [1.82, 2.24) is 78.1 Å². The lowest BCUT2D eigenvalue weighted by atomic mass is 10.1. The van der Waals surface area contributed by atoms with Crippen LogP contribution in [0.2, 0.25) is 0 Å². The van der Waals surface area contributed by atoms with Crippen molar-refractivity contribution in [2.75, 3.05) is 62.1 Å². The predicted octanol–water partition coefficient (Wildman–Crippen LogP) is -4.23. The smallest absolute Gasteiger partial charge is 0.387 e. The summed E-state index contributed by atoms with van der Waals surface area (Å²) in [5.41, 5.74) is 24.3. The molecule has 8 aromatic rings. The van der Waals surface area contributed by atoms with Crippen molar-refractivity contribution in [3.05, 3.63) is 50.6 Å². The number of aliphatic hydroxyl groups is 5. The van der Waals surface area contributed by atoms with Crippen LogP contribution in [-0.2, 0) is 69.3 Å². The van der Waals surface area contributed by atoms with Gasteiger partial charge in [0.05, 0.1) is 51.7 Å². The zero-order chi connectivity index (χ0) is 64.6. The van der Waals surface area contributed by atoms with Gasteiger partial charge in [-0.2, -0.15) is 0 Å². The number of hydrogen-bond acceptors (Lipinski definition) is 36. The first-order valence-electron chi connectivity index (χ1n) is 26.4. The molecule has 0 spiro atoms. The molecule has 0 amide bonds. The molecule has 0 saturated carbocycles. The Labute approximate surface area is 505 Å². The standard InChI is InChI=1S/C42H54N20O25P4/c43-31-19-35(51-5-47-31)59(9-55-19)39-27(67)23(63)15(83-39)4-82-91(75,76)87-30-26(66)17(86-42(30)62-12-58-22-34(46)50-8-54-38(22)62)2-80-89(70,71)13-77-28-24(64)16(84-40(28)60-10-56-20-32(44)48-6-52-36(20)60)1-79-88(68,69)14-78-29-25(65)18(3-81-90(72,73)74)85-41(29)61-11-57-21-33(45)49-7-53-37(21)61/h5-12,15-18,23-30,39-42,63-67H,1-4,13-14H2,(H,68,69)(H,70,71)(H,75,76)(H2,43,47,51)(H2,44,48,52)(H2,45,49,53)(H2,46,50,54)(H2,72,73,74)/t15-,16-,17-,18-,23-,24-,25-,26-,27-,28+,29+,30-,39-,40-,41-,42-/m1/s1. The SMILES string of the molecule is Nc1ncnc2c1ncn2[C@@H]1O[C@H](COP(=O)(O)O[C@@H]2[C@H](O)[C@@H](COP(=O)(O)CO[C@H]3[C@H](O)[C@@H](COP(=O)(O)CO[C@H]4[C@H](O)[C@@H](COP(=O)(O)O)O[C@H]4n4cnc5c(N)ncnc54)O[C@H]3n3cnc4c(N)ncnc43)O[C@H]2n2cnc3c(N)ncnc32)[C@@H](O)[C@H]1O. The molecule has 18 N–H and O–H groups in total. The largest absolute Gasteiger partial charge is 0.472 e. The first-order valence-corrected chi connectivity index (χ1v) is 33.0. The second kappa shape index (κ2) is 25.1. The number of nitrogen functional groups attached to an aromatic ring is 4. The molecule has 4 fully saturated rings. The van der Waals surface area contributed by atoms with Gasteiger partial charge in [0.1, 0.15) is 133 Å². The third kappa shape index (κ3) is 13.0. The van der Waals surface area contributed by atoms with Gasteiger partial charge in [0.15, 0.2) is 70.8 Å². The fourth-order valence-corrected chi connectivity index (χ4v) is 13.3. The summed E-state index contributed by atoms with van der Waals surface area (Å²) in [4.78, 5) is 101. The van der Waals surface area contributed by atoms with E-state index in [4.69, 9.17) is 69.5 Å². The zero-order valence-corrected chi connectivity index (χ0v) is 49.5. The second-order valence-corrected chi connectivity index (χ2v) is 26.8. The Balaban J connectivity index is 0.717. The highest BCUT2D eigenvalue weighted by Crippen LogP contribution is 2.52. The van der Waals surface area contributed by atoms with Crippen molar-refractivity contribution in [1.29, 1.82) is 0 Å². The molecular formula is C42H54N20O25P4. The summed E-state index contributed by atoms with van der Waals surface area (Å²) < 4.78 is 119. The lowest BCUT2D eigenvalue weighted by molar-refractivity contribution is -0.0688. The van der Waals surface area contributed by atoms with Gasteiger partial charge in [-0.05, 0) is 0 Å². The molecule has 19 atom stereocenters. The monoisotopic (exact) mass is 1360 g/mol. The molecule has 49 heteroatoms. The summed E-state index contributed by atoms with van der Waals surface area (Å²) in [5.74, 6) is -0.242. The summed E-state index contributed by atoms with van der Waals surface area (Å²) in [6.45, 7) is -3.72. The van der Waals surface area contributed by atoms with E-state index >= 15 is 0 Å². The van der Waals surface area contributed by atoms with Crippen LogP contribution in [0.15, 0.2) is 50.6 Å². The van der Waals surface area contributed by atoms with Crippen LogP contribution in [0.5, 0.6) is 0 Å². The maximum atomic E-state index is 13.9. The van der Waals surface area contributed by atoms with Crippen LogP contribution in [0, 0.1) is 0 Å². The number of nitrogens with two attached hydrogens (primary N) is 4. The van der Waals surface area contributed by atoms with Gasteiger partial charge in [0.25, 0.3) is 0 Å².